The van der Waals surface area contributed by atoms with Crippen molar-refractivity contribution in [1.82, 2.24) is 0 Å². The maximum absolute atomic E-state index is 12.7. The smallest absolute Gasteiger partial charge is 0.281 e. The Labute approximate surface area is 97.7 Å². The molecule has 2 aromatic rings. The molecule has 86 valence electrons. The zero-order valence-electron chi connectivity index (χ0n) is 8.88. The number of rotatable bonds is 2. The van der Waals surface area contributed by atoms with Gasteiger partial charge in [0.1, 0.15) is 5.82 Å². The lowest BCUT2D eigenvalue weighted by Gasteiger charge is -2.14. The lowest BCUT2D eigenvalue weighted by Crippen LogP contribution is -2.26. The fourth-order valence-corrected chi connectivity index (χ4v) is 1.40. The Kier molecular flexibility index (Phi) is 3.16. The number of carbonyl (C=O) groups excluding carboxylic acids is 1. The molecule has 0 radical (unpaired) electrons. The van der Waals surface area contributed by atoms with E-state index in [0.29, 0.717) is 10.6 Å². The first kappa shape index (κ1) is 11.3. The molecule has 0 atom stereocenters. The fourth-order valence-electron chi connectivity index (χ4n) is 1.40. The monoisotopic (exact) mass is 231 g/mol. The number of halogens is 1. The van der Waals surface area contributed by atoms with Crippen LogP contribution >= 0.6 is 0 Å². The molecule has 0 unspecified atom stereocenters. The van der Waals surface area contributed by atoms with Gasteiger partial charge in [0, 0.05) is 5.56 Å². The van der Waals surface area contributed by atoms with Crippen LogP contribution in [0.5, 0.6) is 0 Å². The maximum atomic E-state index is 12.7. The van der Waals surface area contributed by atoms with Crippen molar-refractivity contribution in [2.24, 2.45) is 0 Å². The minimum atomic E-state index is -0.558. The largest absolute Gasteiger partial charge is 0.281 e. The van der Waals surface area contributed by atoms with Crippen LogP contribution in [0.3, 0.4) is 0 Å². The number of hydroxylamine groups is 1. The standard InChI is InChI=1S/C13H10FNO2/c14-11-6-8-12(9-7-11)15(17)13(16)10-4-2-1-3-5-10/h1-9,17H. The number of carbonyl (C=O) groups is 1. The molecular weight excluding hydrogens is 221 g/mol. The Bertz CT molecular complexity index is 511. The van der Waals surface area contributed by atoms with E-state index < -0.39 is 11.7 Å². The summed E-state index contributed by atoms with van der Waals surface area (Å²) in [7, 11) is 0. The van der Waals surface area contributed by atoms with E-state index in [1.54, 1.807) is 30.3 Å². The van der Waals surface area contributed by atoms with E-state index in [2.05, 4.69) is 0 Å². The van der Waals surface area contributed by atoms with E-state index in [1.165, 1.54) is 24.3 Å². The van der Waals surface area contributed by atoms with Gasteiger partial charge >= 0.3 is 0 Å². The van der Waals surface area contributed by atoms with Gasteiger partial charge < -0.3 is 0 Å². The highest BCUT2D eigenvalue weighted by atomic mass is 19.1. The SMILES string of the molecule is O=C(c1ccccc1)N(O)c1ccc(F)cc1. The van der Waals surface area contributed by atoms with E-state index in [9.17, 15) is 14.4 Å². The summed E-state index contributed by atoms with van der Waals surface area (Å²) < 4.78 is 12.7. The molecule has 2 rings (SSSR count). The number of nitrogens with zero attached hydrogens (tertiary/aromatic N) is 1. The van der Waals surface area contributed by atoms with E-state index >= 15 is 0 Å². The fraction of sp³-hybridized carbons (Fsp3) is 0. The third kappa shape index (κ3) is 2.49. The van der Waals surface area contributed by atoms with Crippen molar-refractivity contribution < 1.29 is 14.4 Å². The van der Waals surface area contributed by atoms with Gasteiger partial charge in [-0.3, -0.25) is 10.0 Å². The first-order chi connectivity index (χ1) is 8.18. The maximum Gasteiger partial charge on any atom is 0.281 e. The molecule has 0 heterocycles. The first-order valence-corrected chi connectivity index (χ1v) is 5.02. The van der Waals surface area contributed by atoms with Gasteiger partial charge in [0.15, 0.2) is 0 Å². The molecule has 17 heavy (non-hydrogen) atoms. The molecule has 0 bridgehead atoms. The molecule has 4 heteroatoms. The molecule has 0 fully saturated rings. The molecule has 0 aliphatic rings. The lowest BCUT2D eigenvalue weighted by molar-refractivity contribution is 0.0854. The van der Waals surface area contributed by atoms with Crippen molar-refractivity contribution in [2.75, 3.05) is 5.06 Å². The number of benzene rings is 2. The summed E-state index contributed by atoms with van der Waals surface area (Å²) in [6, 6.07) is 13.4. The predicted molar refractivity (Wildman–Crippen MR) is 61.4 cm³/mol. The molecule has 3 nitrogen and oxygen atoms in total. The van der Waals surface area contributed by atoms with Crippen LogP contribution in [0.1, 0.15) is 10.4 Å². The lowest BCUT2D eigenvalue weighted by atomic mass is 10.2. The number of hydrogen-bond acceptors (Lipinski definition) is 2. The van der Waals surface area contributed by atoms with Crippen molar-refractivity contribution in [3.63, 3.8) is 0 Å². The van der Waals surface area contributed by atoms with Crippen molar-refractivity contribution in [2.45, 2.75) is 0 Å². The molecule has 0 aromatic heterocycles. The van der Waals surface area contributed by atoms with Crippen molar-refractivity contribution in [1.29, 1.82) is 0 Å². The molecule has 1 amide bonds. The highest BCUT2D eigenvalue weighted by molar-refractivity contribution is 6.04. The van der Waals surface area contributed by atoms with Crippen LogP contribution in [-0.2, 0) is 0 Å². The normalized spacial score (nSPS) is 10.0. The van der Waals surface area contributed by atoms with Crippen LogP contribution in [0.2, 0.25) is 0 Å². The van der Waals surface area contributed by atoms with Crippen molar-refractivity contribution in [3.05, 3.63) is 66.0 Å². The quantitative estimate of drug-likeness (QED) is 0.637. The van der Waals surface area contributed by atoms with Gasteiger partial charge in [0.2, 0.25) is 0 Å². The van der Waals surface area contributed by atoms with Gasteiger partial charge in [-0.15, -0.1) is 0 Å². The van der Waals surface area contributed by atoms with E-state index in [1.807, 2.05) is 0 Å². The Morgan fingerprint density at radius 1 is 1.00 bits per heavy atom. The van der Waals surface area contributed by atoms with E-state index in [4.69, 9.17) is 0 Å². The Morgan fingerprint density at radius 3 is 2.18 bits per heavy atom. The molecule has 0 saturated carbocycles. The topological polar surface area (TPSA) is 40.5 Å². The summed E-state index contributed by atoms with van der Waals surface area (Å²) in [5.41, 5.74) is 0.583. The highest BCUT2D eigenvalue weighted by Gasteiger charge is 2.14. The highest BCUT2D eigenvalue weighted by Crippen LogP contribution is 2.15. The molecular formula is C13H10FNO2. The number of amides is 1. The summed E-state index contributed by atoms with van der Waals surface area (Å²) in [6.45, 7) is 0. The first-order valence-electron chi connectivity index (χ1n) is 5.02. The second-order valence-corrected chi connectivity index (χ2v) is 3.46. The Morgan fingerprint density at radius 2 is 1.59 bits per heavy atom. The molecule has 0 aliphatic carbocycles. The third-order valence-corrected chi connectivity index (χ3v) is 2.28. The predicted octanol–water partition coefficient (Wildman–Crippen LogP) is 2.86. The zero-order chi connectivity index (χ0) is 12.3. The Hall–Kier alpha value is -2.20. The summed E-state index contributed by atoms with van der Waals surface area (Å²) in [6.07, 6.45) is 0. The van der Waals surface area contributed by atoms with Crippen LogP contribution in [-0.4, -0.2) is 11.1 Å². The van der Waals surface area contributed by atoms with Crippen LogP contribution < -0.4 is 5.06 Å². The average Bonchev–Trinajstić information content (AvgIpc) is 2.39. The molecule has 0 aliphatic heterocycles. The summed E-state index contributed by atoms with van der Waals surface area (Å²) in [4.78, 5) is 11.8. The van der Waals surface area contributed by atoms with E-state index in [0.717, 1.165) is 0 Å². The van der Waals surface area contributed by atoms with Crippen molar-refractivity contribution >= 4 is 11.6 Å². The minimum absolute atomic E-state index is 0.222. The van der Waals surface area contributed by atoms with Gasteiger partial charge in [-0.25, -0.2) is 4.39 Å². The van der Waals surface area contributed by atoms with Crippen LogP contribution in [0.15, 0.2) is 54.6 Å². The van der Waals surface area contributed by atoms with Crippen molar-refractivity contribution in [3.8, 4) is 0 Å². The second kappa shape index (κ2) is 4.76. The Balaban J connectivity index is 2.23. The van der Waals surface area contributed by atoms with Gasteiger partial charge in [0.05, 0.1) is 5.69 Å². The molecule has 0 saturated heterocycles. The molecule has 1 N–H and O–H groups in total. The minimum Gasteiger partial charge on any atom is -0.281 e. The third-order valence-electron chi connectivity index (χ3n) is 2.28. The average molecular weight is 231 g/mol. The van der Waals surface area contributed by atoms with Gasteiger partial charge in [-0.1, -0.05) is 18.2 Å². The molecule has 0 spiro atoms. The number of hydrogen-bond donors (Lipinski definition) is 1. The van der Waals surface area contributed by atoms with Gasteiger partial charge in [-0.2, -0.15) is 5.06 Å². The summed E-state index contributed by atoms with van der Waals surface area (Å²) in [5.74, 6) is -0.980. The second-order valence-electron chi connectivity index (χ2n) is 3.46. The van der Waals surface area contributed by atoms with Crippen LogP contribution in [0.4, 0.5) is 10.1 Å². The zero-order valence-corrected chi connectivity index (χ0v) is 8.88. The van der Waals surface area contributed by atoms with Crippen LogP contribution in [0.25, 0.3) is 0 Å². The van der Waals surface area contributed by atoms with Gasteiger partial charge in [0.25, 0.3) is 5.91 Å². The van der Waals surface area contributed by atoms with E-state index in [-0.39, 0.29) is 5.69 Å². The van der Waals surface area contributed by atoms with Crippen LogP contribution in [0, 0.1) is 5.82 Å². The molecule has 2 aromatic carbocycles. The number of anilines is 1. The summed E-state index contributed by atoms with van der Waals surface area (Å²) in [5, 5.41) is 10.2. The summed E-state index contributed by atoms with van der Waals surface area (Å²) >= 11 is 0. The van der Waals surface area contributed by atoms with Gasteiger partial charge in [-0.05, 0) is 36.4 Å².